The van der Waals surface area contributed by atoms with Crippen molar-refractivity contribution in [1.29, 1.82) is 5.26 Å². The Balaban J connectivity index is 1.49. The molecule has 0 bridgehead atoms. The molecule has 0 spiro atoms. The van der Waals surface area contributed by atoms with Crippen LogP contribution >= 0.6 is 0 Å². The molecule has 1 fully saturated rings. The lowest BCUT2D eigenvalue weighted by atomic mass is 9.93. The molecule has 31 heavy (non-hydrogen) atoms. The van der Waals surface area contributed by atoms with E-state index in [1.54, 1.807) is 31.2 Å². The van der Waals surface area contributed by atoms with Gasteiger partial charge in [0.05, 0.1) is 17.6 Å². The quantitative estimate of drug-likeness (QED) is 0.743. The number of piperidine rings is 1. The number of nitrogens with zero attached hydrogens (tertiary/aromatic N) is 2. The van der Waals surface area contributed by atoms with Gasteiger partial charge in [0.25, 0.3) is 5.91 Å². The fraction of sp³-hybridized carbons (Fsp3) is 0.400. The maximum absolute atomic E-state index is 13.0. The molecule has 1 heterocycles. The van der Waals surface area contributed by atoms with Crippen LogP contribution in [0.3, 0.4) is 0 Å². The van der Waals surface area contributed by atoms with Crippen molar-refractivity contribution in [2.45, 2.75) is 51.2 Å². The van der Waals surface area contributed by atoms with Crippen LogP contribution in [0.5, 0.6) is 5.75 Å². The molecule has 162 valence electrons. The SMILES string of the molecule is CCC(C(=O)N1CCC(NC(=O)C(C)Oc2cccc(C#N)c2)CC1)c1ccccc1. The van der Waals surface area contributed by atoms with E-state index in [1.807, 2.05) is 42.2 Å². The predicted octanol–water partition coefficient (Wildman–Crippen LogP) is 3.63. The smallest absolute Gasteiger partial charge is 0.260 e. The summed E-state index contributed by atoms with van der Waals surface area (Å²) in [5.41, 5.74) is 1.54. The van der Waals surface area contributed by atoms with Crippen LogP contribution in [0.15, 0.2) is 54.6 Å². The van der Waals surface area contributed by atoms with Crippen molar-refractivity contribution in [2.24, 2.45) is 0 Å². The van der Waals surface area contributed by atoms with Crippen molar-refractivity contribution >= 4 is 11.8 Å². The Bertz CT molecular complexity index is 931. The number of nitriles is 1. The van der Waals surface area contributed by atoms with Crippen LogP contribution in [-0.2, 0) is 9.59 Å². The molecule has 1 N–H and O–H groups in total. The highest BCUT2D eigenvalue weighted by molar-refractivity contribution is 5.84. The van der Waals surface area contributed by atoms with Crippen LogP contribution in [0.2, 0.25) is 0 Å². The molecule has 0 aliphatic carbocycles. The van der Waals surface area contributed by atoms with Gasteiger partial charge in [0.2, 0.25) is 5.91 Å². The number of carbonyl (C=O) groups is 2. The van der Waals surface area contributed by atoms with Gasteiger partial charge in [0.1, 0.15) is 5.75 Å². The summed E-state index contributed by atoms with van der Waals surface area (Å²) in [5, 5.41) is 12.0. The first-order valence-electron chi connectivity index (χ1n) is 10.8. The maximum atomic E-state index is 13.0. The van der Waals surface area contributed by atoms with Crippen molar-refractivity contribution in [3.63, 3.8) is 0 Å². The highest BCUT2D eigenvalue weighted by Crippen LogP contribution is 2.24. The highest BCUT2D eigenvalue weighted by atomic mass is 16.5. The minimum Gasteiger partial charge on any atom is -0.481 e. The van der Waals surface area contributed by atoms with E-state index in [0.717, 1.165) is 24.8 Å². The molecule has 0 saturated carbocycles. The molecule has 6 nitrogen and oxygen atoms in total. The van der Waals surface area contributed by atoms with Gasteiger partial charge in [0, 0.05) is 19.1 Å². The van der Waals surface area contributed by atoms with Crippen molar-refractivity contribution in [3.05, 3.63) is 65.7 Å². The number of nitrogens with one attached hydrogen (secondary N) is 1. The molecule has 2 unspecified atom stereocenters. The van der Waals surface area contributed by atoms with Gasteiger partial charge >= 0.3 is 0 Å². The van der Waals surface area contributed by atoms with E-state index in [1.165, 1.54) is 0 Å². The third kappa shape index (κ3) is 5.85. The zero-order chi connectivity index (χ0) is 22.2. The summed E-state index contributed by atoms with van der Waals surface area (Å²) in [6.07, 6.45) is 1.54. The second-order valence-corrected chi connectivity index (χ2v) is 7.88. The first-order valence-corrected chi connectivity index (χ1v) is 10.8. The second-order valence-electron chi connectivity index (χ2n) is 7.88. The highest BCUT2D eigenvalue weighted by Gasteiger charge is 2.29. The molecule has 0 radical (unpaired) electrons. The number of benzene rings is 2. The Morgan fingerprint density at radius 3 is 2.52 bits per heavy atom. The Kier molecular flexibility index (Phi) is 7.66. The van der Waals surface area contributed by atoms with Crippen molar-refractivity contribution in [3.8, 4) is 11.8 Å². The largest absolute Gasteiger partial charge is 0.481 e. The minimum absolute atomic E-state index is 0.0184. The normalized spacial score (nSPS) is 16.1. The Morgan fingerprint density at radius 1 is 1.16 bits per heavy atom. The van der Waals surface area contributed by atoms with E-state index in [0.29, 0.717) is 24.4 Å². The van der Waals surface area contributed by atoms with E-state index in [-0.39, 0.29) is 23.8 Å². The molecule has 0 aromatic heterocycles. The summed E-state index contributed by atoms with van der Waals surface area (Å²) < 4.78 is 5.69. The summed E-state index contributed by atoms with van der Waals surface area (Å²) >= 11 is 0. The van der Waals surface area contributed by atoms with Crippen molar-refractivity contribution in [2.75, 3.05) is 13.1 Å². The molecule has 1 aliphatic heterocycles. The topological polar surface area (TPSA) is 82.4 Å². The average Bonchev–Trinajstić information content (AvgIpc) is 2.80. The summed E-state index contributed by atoms with van der Waals surface area (Å²) in [4.78, 5) is 27.5. The molecule has 3 rings (SSSR count). The van der Waals surface area contributed by atoms with E-state index >= 15 is 0 Å². The van der Waals surface area contributed by atoms with Gasteiger partial charge in [-0.15, -0.1) is 0 Å². The van der Waals surface area contributed by atoms with Gasteiger partial charge < -0.3 is 15.0 Å². The number of ether oxygens (including phenoxy) is 1. The van der Waals surface area contributed by atoms with Crippen molar-refractivity contribution < 1.29 is 14.3 Å². The number of hydrogen-bond acceptors (Lipinski definition) is 4. The number of likely N-dealkylation sites (tertiary alicyclic amines) is 1. The maximum Gasteiger partial charge on any atom is 0.260 e. The monoisotopic (exact) mass is 419 g/mol. The van der Waals surface area contributed by atoms with E-state index in [9.17, 15) is 9.59 Å². The zero-order valence-electron chi connectivity index (χ0n) is 18.1. The number of carbonyl (C=O) groups excluding carboxylic acids is 2. The van der Waals surface area contributed by atoms with Gasteiger partial charge in [-0.05, 0) is 49.9 Å². The first kappa shape index (κ1) is 22.4. The summed E-state index contributed by atoms with van der Waals surface area (Å²) in [6, 6.07) is 18.7. The molecule has 2 aromatic carbocycles. The van der Waals surface area contributed by atoms with E-state index < -0.39 is 6.10 Å². The fourth-order valence-electron chi connectivity index (χ4n) is 3.92. The van der Waals surface area contributed by atoms with Crippen LogP contribution in [0.4, 0.5) is 0 Å². The molecule has 1 saturated heterocycles. The summed E-state index contributed by atoms with van der Waals surface area (Å²) in [5.74, 6) is 0.342. The first-order chi connectivity index (χ1) is 15.0. The standard InChI is InChI=1S/C25H29N3O3/c1-3-23(20-9-5-4-6-10-20)25(30)28-14-12-21(13-15-28)27-24(29)18(2)31-22-11-7-8-19(16-22)17-26/h4-11,16,18,21,23H,3,12-15H2,1-2H3,(H,27,29). The minimum atomic E-state index is -0.670. The van der Waals surface area contributed by atoms with Crippen LogP contribution in [-0.4, -0.2) is 41.9 Å². The average molecular weight is 420 g/mol. The van der Waals surface area contributed by atoms with E-state index in [4.69, 9.17) is 10.00 Å². The van der Waals surface area contributed by atoms with Crippen molar-refractivity contribution in [1.82, 2.24) is 10.2 Å². The Morgan fingerprint density at radius 2 is 1.87 bits per heavy atom. The third-order valence-corrected chi connectivity index (χ3v) is 5.71. The third-order valence-electron chi connectivity index (χ3n) is 5.71. The molecule has 1 aliphatic rings. The van der Waals surface area contributed by atoms with Gasteiger partial charge in [-0.1, -0.05) is 43.3 Å². The molecule has 2 aromatic rings. The lowest BCUT2D eigenvalue weighted by molar-refractivity contribution is -0.134. The Labute approximate surface area is 183 Å². The number of hydrogen-bond donors (Lipinski definition) is 1. The molecular weight excluding hydrogens is 390 g/mol. The molecule has 2 amide bonds. The summed E-state index contributed by atoms with van der Waals surface area (Å²) in [7, 11) is 0. The van der Waals surface area contributed by atoms with Crippen LogP contribution < -0.4 is 10.1 Å². The van der Waals surface area contributed by atoms with Crippen LogP contribution in [0, 0.1) is 11.3 Å². The van der Waals surface area contributed by atoms with Crippen LogP contribution in [0.25, 0.3) is 0 Å². The molecule has 2 atom stereocenters. The number of amides is 2. The lowest BCUT2D eigenvalue weighted by Gasteiger charge is -2.35. The van der Waals surface area contributed by atoms with Gasteiger partial charge in [0.15, 0.2) is 6.10 Å². The van der Waals surface area contributed by atoms with Gasteiger partial charge in [-0.3, -0.25) is 9.59 Å². The van der Waals surface area contributed by atoms with Gasteiger partial charge in [-0.2, -0.15) is 5.26 Å². The Hall–Kier alpha value is -3.33. The zero-order valence-corrected chi connectivity index (χ0v) is 18.1. The summed E-state index contributed by atoms with van der Waals surface area (Å²) in [6.45, 7) is 4.99. The van der Waals surface area contributed by atoms with Gasteiger partial charge in [-0.25, -0.2) is 0 Å². The number of rotatable bonds is 7. The molecular formula is C25H29N3O3. The fourth-order valence-corrected chi connectivity index (χ4v) is 3.92. The lowest BCUT2D eigenvalue weighted by Crippen LogP contribution is -2.50. The van der Waals surface area contributed by atoms with Crippen LogP contribution in [0.1, 0.15) is 50.2 Å². The molecule has 6 heteroatoms. The second kappa shape index (κ2) is 10.6. The van der Waals surface area contributed by atoms with E-state index in [2.05, 4.69) is 11.4 Å². The predicted molar refractivity (Wildman–Crippen MR) is 118 cm³/mol.